The summed E-state index contributed by atoms with van der Waals surface area (Å²) >= 11 is 0. The Hall–Kier alpha value is 0.0249. The topological polar surface area (TPSA) is 26.0 Å². The van der Waals surface area contributed by atoms with Gasteiger partial charge in [0.15, 0.2) is 0 Å². The summed E-state index contributed by atoms with van der Waals surface area (Å²) in [7, 11) is 5.36. The molecule has 2 unspecified atom stereocenters. The summed E-state index contributed by atoms with van der Waals surface area (Å²) < 4.78 is 0. The van der Waals surface area contributed by atoms with Crippen molar-refractivity contribution >= 4 is 7.85 Å². The average molecular weight is 111 g/mol. The molecule has 0 fully saturated rings. The molecule has 0 saturated heterocycles. The van der Waals surface area contributed by atoms with Gasteiger partial charge in [0.2, 0.25) is 0 Å². The Bertz CT molecular complexity index is 54.5. The highest BCUT2D eigenvalue weighted by molar-refractivity contribution is 6.08. The van der Waals surface area contributed by atoms with E-state index in [0.29, 0.717) is 12.0 Å². The van der Waals surface area contributed by atoms with Crippen LogP contribution in [0.3, 0.4) is 0 Å². The van der Waals surface area contributed by atoms with E-state index in [1.54, 1.807) is 0 Å². The molecule has 0 aliphatic rings. The fraction of sp³-hybridized carbons (Fsp3) is 1.00. The van der Waals surface area contributed by atoms with Crippen LogP contribution in [-0.4, -0.2) is 13.9 Å². The van der Waals surface area contributed by atoms with Crippen LogP contribution in [0.4, 0.5) is 0 Å². The van der Waals surface area contributed by atoms with E-state index < -0.39 is 0 Å². The molecule has 0 spiro atoms. The Morgan fingerprint density at radius 1 is 1.50 bits per heavy atom. The first kappa shape index (κ1) is 8.02. The van der Waals surface area contributed by atoms with Crippen molar-refractivity contribution in [3.8, 4) is 0 Å². The summed E-state index contributed by atoms with van der Waals surface area (Å²) in [6, 6.07) is 0.300. The van der Waals surface area contributed by atoms with Crippen LogP contribution >= 0.6 is 0 Å². The number of hydrogen-bond acceptors (Lipinski definition) is 1. The van der Waals surface area contributed by atoms with Crippen molar-refractivity contribution < 1.29 is 0 Å². The molecule has 2 N–H and O–H groups in total. The average Bonchev–Trinajstić information content (AvgIpc) is 1.65. The maximum Gasteiger partial charge on any atom is 0.0656 e. The van der Waals surface area contributed by atoms with Gasteiger partial charge in [-0.25, -0.2) is 0 Å². The minimum Gasteiger partial charge on any atom is -0.328 e. The second-order valence-corrected chi connectivity index (χ2v) is 2.55. The van der Waals surface area contributed by atoms with Crippen molar-refractivity contribution in [2.24, 2.45) is 11.7 Å². The molecule has 0 aliphatic carbocycles. The zero-order chi connectivity index (χ0) is 6.57. The van der Waals surface area contributed by atoms with Crippen LogP contribution in [0.25, 0.3) is 0 Å². The van der Waals surface area contributed by atoms with E-state index in [1.807, 2.05) is 6.92 Å². The van der Waals surface area contributed by atoms with Crippen LogP contribution < -0.4 is 5.73 Å². The van der Waals surface area contributed by atoms with Gasteiger partial charge in [-0.05, 0) is 13.3 Å². The largest absolute Gasteiger partial charge is 0.328 e. The van der Waals surface area contributed by atoms with Crippen LogP contribution in [0.15, 0.2) is 0 Å². The quantitative estimate of drug-likeness (QED) is 0.539. The van der Waals surface area contributed by atoms with E-state index in [-0.39, 0.29) is 0 Å². The van der Waals surface area contributed by atoms with E-state index >= 15 is 0 Å². The van der Waals surface area contributed by atoms with Gasteiger partial charge in [0.05, 0.1) is 7.85 Å². The highest BCUT2D eigenvalue weighted by Crippen LogP contribution is 2.06. The van der Waals surface area contributed by atoms with E-state index in [2.05, 4.69) is 6.92 Å². The summed E-state index contributed by atoms with van der Waals surface area (Å²) in [5, 5.41) is 0. The lowest BCUT2D eigenvalue weighted by Gasteiger charge is -2.10. The van der Waals surface area contributed by atoms with E-state index in [0.717, 1.165) is 12.7 Å². The first-order valence-electron chi connectivity index (χ1n) is 3.12. The van der Waals surface area contributed by atoms with Crippen molar-refractivity contribution in [2.75, 3.05) is 0 Å². The van der Waals surface area contributed by atoms with Gasteiger partial charge in [0, 0.05) is 6.04 Å². The molecule has 0 aromatic heterocycles. The van der Waals surface area contributed by atoms with Crippen LogP contribution in [0.5, 0.6) is 0 Å². The minimum atomic E-state index is 0.300. The van der Waals surface area contributed by atoms with Crippen molar-refractivity contribution in [3.63, 3.8) is 0 Å². The van der Waals surface area contributed by atoms with Gasteiger partial charge < -0.3 is 5.73 Å². The predicted molar refractivity (Wildman–Crippen MR) is 38.0 cm³/mol. The van der Waals surface area contributed by atoms with Crippen molar-refractivity contribution in [1.82, 2.24) is 0 Å². The maximum atomic E-state index is 5.51. The Morgan fingerprint density at radius 2 is 2.00 bits per heavy atom. The smallest absolute Gasteiger partial charge is 0.0656 e. The zero-order valence-electron chi connectivity index (χ0n) is 5.72. The Morgan fingerprint density at radius 3 is 2.12 bits per heavy atom. The molecule has 0 bridgehead atoms. The molecule has 0 aliphatic heterocycles. The van der Waals surface area contributed by atoms with Gasteiger partial charge in [0.25, 0.3) is 0 Å². The zero-order valence-corrected chi connectivity index (χ0v) is 5.72. The van der Waals surface area contributed by atoms with Gasteiger partial charge in [-0.1, -0.05) is 19.2 Å². The number of rotatable bonds is 3. The second kappa shape index (κ2) is 3.96. The van der Waals surface area contributed by atoms with Crippen LogP contribution in [-0.2, 0) is 0 Å². The molecule has 0 aromatic carbocycles. The summed E-state index contributed by atoms with van der Waals surface area (Å²) in [6.07, 6.45) is 1.79. The Labute approximate surface area is 53.1 Å². The molecule has 0 saturated carbocycles. The molecule has 0 rings (SSSR count). The Kier molecular flexibility index (Phi) is 3.97. The third-order valence-electron chi connectivity index (χ3n) is 1.18. The summed E-state index contributed by atoms with van der Waals surface area (Å²) in [6.45, 7) is 4.12. The van der Waals surface area contributed by atoms with Crippen LogP contribution in [0, 0.1) is 5.92 Å². The summed E-state index contributed by atoms with van der Waals surface area (Å²) in [5.74, 6) is 0.579. The lowest BCUT2D eigenvalue weighted by molar-refractivity contribution is 0.520. The monoisotopic (exact) mass is 111 g/mol. The van der Waals surface area contributed by atoms with Gasteiger partial charge >= 0.3 is 0 Å². The molecule has 2 heteroatoms. The maximum absolute atomic E-state index is 5.51. The summed E-state index contributed by atoms with van der Waals surface area (Å²) in [5.41, 5.74) is 5.51. The van der Waals surface area contributed by atoms with Gasteiger partial charge in [-0.3, -0.25) is 0 Å². The lowest BCUT2D eigenvalue weighted by atomic mass is 9.88. The fourth-order valence-corrected chi connectivity index (χ4v) is 0.731. The normalized spacial score (nSPS) is 17.9. The van der Waals surface area contributed by atoms with Crippen LogP contribution in [0.1, 0.15) is 20.3 Å². The first-order valence-corrected chi connectivity index (χ1v) is 3.12. The highest BCUT2D eigenvalue weighted by Gasteiger charge is 2.00. The minimum absolute atomic E-state index is 0.300. The molecule has 0 aromatic rings. The Balaban J connectivity index is 3.10. The molecule has 46 valence electrons. The standard InChI is InChI=1S/C6H14BN/c1-5(4-7)3-6(2)8/h5-6H,3-4,8H2,1-2H3. The molecule has 0 amide bonds. The number of hydrogen-bond donors (Lipinski definition) is 1. The molecular formula is C6H14BN. The third-order valence-corrected chi connectivity index (χ3v) is 1.18. The van der Waals surface area contributed by atoms with Crippen LogP contribution in [0.2, 0.25) is 6.32 Å². The SMILES string of the molecule is [B]CC(C)CC(C)N. The van der Waals surface area contributed by atoms with Gasteiger partial charge in [-0.15, -0.1) is 0 Å². The van der Waals surface area contributed by atoms with Gasteiger partial charge in [0.1, 0.15) is 0 Å². The molecule has 8 heavy (non-hydrogen) atoms. The summed E-state index contributed by atoms with van der Waals surface area (Å²) in [4.78, 5) is 0. The molecular weight excluding hydrogens is 96.9 g/mol. The number of nitrogens with two attached hydrogens (primary N) is 1. The van der Waals surface area contributed by atoms with Crippen molar-refractivity contribution in [2.45, 2.75) is 32.6 Å². The molecule has 2 atom stereocenters. The molecule has 0 heterocycles. The first-order chi connectivity index (χ1) is 3.66. The van der Waals surface area contributed by atoms with Gasteiger partial charge in [-0.2, -0.15) is 0 Å². The predicted octanol–water partition coefficient (Wildman–Crippen LogP) is 0.947. The van der Waals surface area contributed by atoms with E-state index in [1.165, 1.54) is 0 Å². The highest BCUT2D eigenvalue weighted by atomic mass is 14.6. The van der Waals surface area contributed by atoms with Crippen molar-refractivity contribution in [1.29, 1.82) is 0 Å². The molecule has 2 radical (unpaired) electrons. The van der Waals surface area contributed by atoms with Crippen molar-refractivity contribution in [3.05, 3.63) is 0 Å². The second-order valence-electron chi connectivity index (χ2n) is 2.55. The van der Waals surface area contributed by atoms with E-state index in [4.69, 9.17) is 13.6 Å². The third kappa shape index (κ3) is 4.19. The fourth-order valence-electron chi connectivity index (χ4n) is 0.731. The molecule has 1 nitrogen and oxygen atoms in total. The van der Waals surface area contributed by atoms with E-state index in [9.17, 15) is 0 Å². The lowest BCUT2D eigenvalue weighted by Crippen LogP contribution is -2.17.